The Morgan fingerprint density at radius 2 is 1.67 bits per heavy atom. The highest BCUT2D eigenvalue weighted by Gasteiger charge is 2.23. The molecule has 5 heteroatoms. The minimum absolute atomic E-state index is 0.0231. The first-order valence-electron chi connectivity index (χ1n) is 10.2. The second kappa shape index (κ2) is 8.00. The van der Waals surface area contributed by atoms with Crippen LogP contribution in [-0.4, -0.2) is 23.6 Å². The zero-order valence-electron chi connectivity index (χ0n) is 16.5. The van der Waals surface area contributed by atoms with Crippen molar-refractivity contribution in [3.05, 3.63) is 83.4 Å². The highest BCUT2D eigenvalue weighted by molar-refractivity contribution is 8.00. The van der Waals surface area contributed by atoms with E-state index in [9.17, 15) is 9.59 Å². The minimum Gasteiger partial charge on any atom is -0.353 e. The minimum atomic E-state index is -0.160. The molecule has 0 aliphatic heterocycles. The molecule has 1 fully saturated rings. The number of hydrogen-bond donors (Lipinski definition) is 2. The zero-order chi connectivity index (χ0) is 20.5. The van der Waals surface area contributed by atoms with E-state index in [1.807, 2.05) is 30.3 Å². The fourth-order valence-corrected chi connectivity index (χ4v) is 4.68. The van der Waals surface area contributed by atoms with Crippen LogP contribution >= 0.6 is 11.8 Å². The van der Waals surface area contributed by atoms with Gasteiger partial charge >= 0.3 is 0 Å². The van der Waals surface area contributed by atoms with Gasteiger partial charge in [-0.15, -0.1) is 11.8 Å². The van der Waals surface area contributed by atoms with E-state index < -0.39 is 0 Å². The summed E-state index contributed by atoms with van der Waals surface area (Å²) in [6, 6.07) is 22.3. The van der Waals surface area contributed by atoms with Crippen LogP contribution in [0.25, 0.3) is 11.1 Å². The Hall–Kier alpha value is -3.05. The van der Waals surface area contributed by atoms with Gasteiger partial charge in [0.2, 0.25) is 5.91 Å². The van der Waals surface area contributed by atoms with Crippen molar-refractivity contribution in [1.29, 1.82) is 0 Å². The molecule has 30 heavy (non-hydrogen) atoms. The second-order valence-electron chi connectivity index (χ2n) is 7.79. The molecule has 4 nitrogen and oxygen atoms in total. The van der Waals surface area contributed by atoms with E-state index in [2.05, 4.69) is 41.0 Å². The first-order valence-corrected chi connectivity index (χ1v) is 11.2. The molecule has 0 spiro atoms. The number of amides is 2. The average molecular weight is 415 g/mol. The maximum atomic E-state index is 13.0. The fourth-order valence-electron chi connectivity index (χ4n) is 3.82. The maximum absolute atomic E-state index is 13.0. The lowest BCUT2D eigenvalue weighted by Crippen LogP contribution is -2.27. The summed E-state index contributed by atoms with van der Waals surface area (Å²) < 4.78 is 0. The summed E-state index contributed by atoms with van der Waals surface area (Å²) in [4.78, 5) is 25.8. The molecule has 0 saturated heterocycles. The van der Waals surface area contributed by atoms with Gasteiger partial charge < -0.3 is 10.6 Å². The van der Waals surface area contributed by atoms with Gasteiger partial charge in [0.1, 0.15) is 0 Å². The van der Waals surface area contributed by atoms with Crippen LogP contribution in [0.1, 0.15) is 34.3 Å². The summed E-state index contributed by atoms with van der Waals surface area (Å²) in [7, 11) is 0. The van der Waals surface area contributed by atoms with Crippen molar-refractivity contribution in [2.45, 2.75) is 30.2 Å². The first kappa shape index (κ1) is 18.9. The maximum Gasteiger partial charge on any atom is 0.256 e. The molecule has 0 bridgehead atoms. The Balaban J connectivity index is 1.31. The molecule has 0 aromatic heterocycles. The van der Waals surface area contributed by atoms with Crippen molar-refractivity contribution in [2.24, 2.45) is 0 Å². The van der Waals surface area contributed by atoms with Crippen LogP contribution in [0.4, 0.5) is 5.69 Å². The van der Waals surface area contributed by atoms with Gasteiger partial charge in [-0.25, -0.2) is 0 Å². The Morgan fingerprint density at radius 1 is 0.900 bits per heavy atom. The molecular formula is C25H22N2O2S. The number of carbonyl (C=O) groups is 2. The molecule has 3 aromatic carbocycles. The summed E-state index contributed by atoms with van der Waals surface area (Å²) in [6.45, 7) is 0. The van der Waals surface area contributed by atoms with E-state index in [0.29, 0.717) is 17.4 Å². The van der Waals surface area contributed by atoms with Gasteiger partial charge in [-0.2, -0.15) is 0 Å². The van der Waals surface area contributed by atoms with Crippen LogP contribution in [0.5, 0.6) is 0 Å². The molecular weight excluding hydrogens is 392 g/mol. The predicted molar refractivity (Wildman–Crippen MR) is 121 cm³/mol. The Kier molecular flexibility index (Phi) is 5.05. The number of benzene rings is 3. The quantitative estimate of drug-likeness (QED) is 0.442. The van der Waals surface area contributed by atoms with Gasteiger partial charge in [-0.1, -0.05) is 42.5 Å². The van der Waals surface area contributed by atoms with E-state index in [-0.39, 0.29) is 11.8 Å². The smallest absolute Gasteiger partial charge is 0.256 e. The largest absolute Gasteiger partial charge is 0.353 e. The lowest BCUT2D eigenvalue weighted by atomic mass is 10.1. The third-order valence-electron chi connectivity index (χ3n) is 5.49. The van der Waals surface area contributed by atoms with Gasteiger partial charge in [0.05, 0.1) is 11.3 Å². The molecule has 1 saturated carbocycles. The molecule has 2 aliphatic carbocycles. The van der Waals surface area contributed by atoms with Crippen molar-refractivity contribution in [3.8, 4) is 11.1 Å². The number of anilines is 1. The molecule has 0 heterocycles. The van der Waals surface area contributed by atoms with Crippen molar-refractivity contribution >= 4 is 29.3 Å². The van der Waals surface area contributed by atoms with Crippen molar-refractivity contribution in [2.75, 3.05) is 11.1 Å². The Labute approximate surface area is 180 Å². The Bertz CT molecular complexity index is 1140. The van der Waals surface area contributed by atoms with Crippen molar-refractivity contribution in [1.82, 2.24) is 5.32 Å². The highest BCUT2D eigenvalue weighted by Crippen LogP contribution is 2.38. The third kappa shape index (κ3) is 3.98. The van der Waals surface area contributed by atoms with Gasteiger partial charge in [0, 0.05) is 16.6 Å². The first-order chi connectivity index (χ1) is 14.7. The molecule has 150 valence electrons. The summed E-state index contributed by atoms with van der Waals surface area (Å²) in [5.74, 6) is 0.179. The van der Waals surface area contributed by atoms with Crippen LogP contribution in [0, 0.1) is 0 Å². The number of nitrogens with one attached hydrogen (secondary N) is 2. The van der Waals surface area contributed by atoms with E-state index in [1.54, 1.807) is 6.07 Å². The van der Waals surface area contributed by atoms with Crippen molar-refractivity contribution < 1.29 is 9.59 Å². The summed E-state index contributed by atoms with van der Waals surface area (Å²) in [6.07, 6.45) is 3.07. The number of carbonyl (C=O) groups excluding carboxylic acids is 2. The summed E-state index contributed by atoms with van der Waals surface area (Å²) >= 11 is 1.40. The topological polar surface area (TPSA) is 58.2 Å². The number of fused-ring (bicyclic) bond motifs is 3. The normalized spacial score (nSPS) is 14.0. The molecule has 2 amide bonds. The zero-order valence-corrected chi connectivity index (χ0v) is 17.3. The molecule has 5 rings (SSSR count). The predicted octanol–water partition coefficient (Wildman–Crippen LogP) is 4.88. The van der Waals surface area contributed by atoms with Crippen LogP contribution in [0.15, 0.2) is 71.6 Å². The summed E-state index contributed by atoms with van der Waals surface area (Å²) in [5.41, 5.74) is 6.39. The SMILES string of the molecule is O=C(CSc1ccccc1C(=O)Nc1ccc2c(c1)-c1ccccc1C2)NC1CC1. The number of rotatable bonds is 6. The molecule has 3 aromatic rings. The Morgan fingerprint density at radius 3 is 2.53 bits per heavy atom. The van der Waals surface area contributed by atoms with Gasteiger partial charge in [0.15, 0.2) is 0 Å². The van der Waals surface area contributed by atoms with E-state index in [0.717, 1.165) is 29.8 Å². The molecule has 2 aliphatic rings. The van der Waals surface area contributed by atoms with Crippen LogP contribution in [-0.2, 0) is 11.2 Å². The molecule has 0 atom stereocenters. The standard InChI is InChI=1S/C25H22N2O2S/c28-24(26-18-11-12-18)15-30-23-8-4-3-7-21(23)25(29)27-19-10-9-17-13-16-5-1-2-6-20(16)22(17)14-19/h1-10,14,18H,11-13,15H2,(H,26,28)(H,27,29). The van der Waals surface area contributed by atoms with Crippen LogP contribution < -0.4 is 10.6 Å². The average Bonchev–Trinajstić information content (AvgIpc) is 3.50. The van der Waals surface area contributed by atoms with Gasteiger partial charge in [-0.3, -0.25) is 9.59 Å². The van der Waals surface area contributed by atoms with Crippen LogP contribution in [0.2, 0.25) is 0 Å². The molecule has 0 radical (unpaired) electrons. The monoisotopic (exact) mass is 414 g/mol. The van der Waals surface area contributed by atoms with Gasteiger partial charge in [0.25, 0.3) is 5.91 Å². The van der Waals surface area contributed by atoms with Gasteiger partial charge in [-0.05, 0) is 65.8 Å². The highest BCUT2D eigenvalue weighted by atomic mass is 32.2. The number of hydrogen-bond acceptors (Lipinski definition) is 3. The third-order valence-corrected chi connectivity index (χ3v) is 6.56. The second-order valence-corrected chi connectivity index (χ2v) is 8.80. The van der Waals surface area contributed by atoms with E-state index >= 15 is 0 Å². The number of thioether (sulfide) groups is 1. The fraction of sp³-hybridized carbons (Fsp3) is 0.200. The van der Waals surface area contributed by atoms with E-state index in [4.69, 9.17) is 0 Å². The van der Waals surface area contributed by atoms with Crippen molar-refractivity contribution in [3.63, 3.8) is 0 Å². The van der Waals surface area contributed by atoms with E-state index in [1.165, 1.54) is 34.0 Å². The summed E-state index contributed by atoms with van der Waals surface area (Å²) in [5, 5.41) is 6.02. The lowest BCUT2D eigenvalue weighted by Gasteiger charge is -2.11. The molecule has 2 N–H and O–H groups in total. The lowest BCUT2D eigenvalue weighted by molar-refractivity contribution is -0.118. The van der Waals surface area contributed by atoms with Crippen LogP contribution in [0.3, 0.4) is 0 Å². The molecule has 0 unspecified atom stereocenters.